The van der Waals surface area contributed by atoms with E-state index in [9.17, 15) is 15.0 Å². The third kappa shape index (κ3) is 4.77. The number of ether oxygens (including phenoxy) is 1. The summed E-state index contributed by atoms with van der Waals surface area (Å²) in [6.45, 7) is 1.86. The molecule has 0 aliphatic carbocycles. The molecule has 0 saturated carbocycles. The van der Waals surface area contributed by atoms with Crippen LogP contribution in [0.2, 0.25) is 0 Å². The Kier molecular flexibility index (Phi) is 5.49. The van der Waals surface area contributed by atoms with Crippen molar-refractivity contribution in [1.29, 1.82) is 0 Å². The van der Waals surface area contributed by atoms with Crippen molar-refractivity contribution in [2.45, 2.75) is 57.3 Å². The molecule has 0 radical (unpaired) electrons. The molecule has 1 heterocycles. The molecule has 4 nitrogen and oxygen atoms in total. The molecule has 0 aromatic heterocycles. The van der Waals surface area contributed by atoms with Gasteiger partial charge in [0.25, 0.3) is 0 Å². The van der Waals surface area contributed by atoms with E-state index >= 15 is 0 Å². The Balaban J connectivity index is 2.58. The minimum atomic E-state index is -0.984. The SMILES string of the molecule is C[C@@H]1CCCCC[C@@H](O)[C@H](O)C=CC(=O)O1. The van der Waals surface area contributed by atoms with Crippen molar-refractivity contribution < 1.29 is 19.7 Å². The highest BCUT2D eigenvalue weighted by molar-refractivity contribution is 5.82. The number of rotatable bonds is 0. The van der Waals surface area contributed by atoms with Crippen LogP contribution in [-0.4, -0.2) is 34.5 Å². The van der Waals surface area contributed by atoms with Gasteiger partial charge in [0.1, 0.15) is 0 Å². The van der Waals surface area contributed by atoms with Crippen molar-refractivity contribution in [3.63, 3.8) is 0 Å². The monoisotopic (exact) mass is 228 g/mol. The molecule has 16 heavy (non-hydrogen) atoms. The lowest BCUT2D eigenvalue weighted by Gasteiger charge is -2.16. The van der Waals surface area contributed by atoms with Crippen molar-refractivity contribution in [2.24, 2.45) is 0 Å². The third-order valence-electron chi connectivity index (χ3n) is 2.75. The summed E-state index contributed by atoms with van der Waals surface area (Å²) in [4.78, 5) is 11.3. The molecule has 1 aliphatic heterocycles. The van der Waals surface area contributed by atoms with Crippen molar-refractivity contribution in [2.75, 3.05) is 0 Å². The average molecular weight is 228 g/mol. The fourth-order valence-corrected chi connectivity index (χ4v) is 1.73. The minimum Gasteiger partial charge on any atom is -0.460 e. The van der Waals surface area contributed by atoms with Gasteiger partial charge in [-0.1, -0.05) is 12.8 Å². The van der Waals surface area contributed by atoms with Crippen LogP contribution < -0.4 is 0 Å². The molecule has 1 aliphatic rings. The number of esters is 1. The molecular weight excluding hydrogens is 208 g/mol. The minimum absolute atomic E-state index is 0.0846. The second-order valence-electron chi connectivity index (χ2n) is 4.30. The van der Waals surface area contributed by atoms with E-state index < -0.39 is 18.2 Å². The zero-order valence-electron chi connectivity index (χ0n) is 9.63. The maximum absolute atomic E-state index is 11.3. The quantitative estimate of drug-likeness (QED) is 0.611. The Labute approximate surface area is 95.9 Å². The maximum atomic E-state index is 11.3. The topological polar surface area (TPSA) is 66.8 Å². The number of hydrogen-bond donors (Lipinski definition) is 2. The molecule has 2 N–H and O–H groups in total. The van der Waals surface area contributed by atoms with Gasteiger partial charge in [-0.05, 0) is 32.3 Å². The Morgan fingerprint density at radius 2 is 1.94 bits per heavy atom. The molecule has 0 saturated heterocycles. The van der Waals surface area contributed by atoms with Gasteiger partial charge < -0.3 is 14.9 Å². The molecule has 0 amide bonds. The summed E-state index contributed by atoms with van der Waals surface area (Å²) in [5.41, 5.74) is 0. The van der Waals surface area contributed by atoms with Crippen LogP contribution in [0.4, 0.5) is 0 Å². The molecule has 3 atom stereocenters. The highest BCUT2D eigenvalue weighted by Gasteiger charge is 2.15. The summed E-state index contributed by atoms with van der Waals surface area (Å²) in [6.07, 6.45) is 4.87. The number of hydrogen-bond acceptors (Lipinski definition) is 4. The van der Waals surface area contributed by atoms with E-state index in [-0.39, 0.29) is 6.10 Å². The van der Waals surface area contributed by atoms with E-state index in [1.165, 1.54) is 12.2 Å². The standard InChI is InChI=1S/C12H20O4/c1-9-5-3-2-4-6-10(13)11(14)7-8-12(15)16-9/h7-11,13-14H,2-6H2,1H3/t9-,10-,11-/m1/s1. The molecule has 4 heteroatoms. The van der Waals surface area contributed by atoms with Gasteiger partial charge in [-0.15, -0.1) is 0 Å². The van der Waals surface area contributed by atoms with Gasteiger partial charge in [0, 0.05) is 6.08 Å². The summed E-state index contributed by atoms with van der Waals surface area (Å²) >= 11 is 0. The zero-order chi connectivity index (χ0) is 12.0. The van der Waals surface area contributed by atoms with Gasteiger partial charge in [-0.25, -0.2) is 4.79 Å². The Morgan fingerprint density at radius 3 is 2.69 bits per heavy atom. The van der Waals surface area contributed by atoms with E-state index in [2.05, 4.69) is 0 Å². The molecule has 0 aromatic rings. The van der Waals surface area contributed by atoms with Gasteiger partial charge in [0.2, 0.25) is 0 Å². The van der Waals surface area contributed by atoms with Gasteiger partial charge in [-0.3, -0.25) is 0 Å². The lowest BCUT2D eigenvalue weighted by molar-refractivity contribution is -0.142. The molecule has 92 valence electrons. The largest absolute Gasteiger partial charge is 0.460 e. The highest BCUT2D eigenvalue weighted by atomic mass is 16.5. The van der Waals surface area contributed by atoms with Crippen LogP contribution in [0, 0.1) is 0 Å². The van der Waals surface area contributed by atoms with E-state index in [1.54, 1.807) is 0 Å². The predicted octanol–water partition coefficient (Wildman–Crippen LogP) is 1.16. The van der Waals surface area contributed by atoms with Crippen LogP contribution >= 0.6 is 0 Å². The fraction of sp³-hybridized carbons (Fsp3) is 0.750. The van der Waals surface area contributed by atoms with Crippen LogP contribution in [-0.2, 0) is 9.53 Å². The second-order valence-corrected chi connectivity index (χ2v) is 4.30. The summed E-state index contributed by atoms with van der Waals surface area (Å²) in [7, 11) is 0. The molecule has 0 aromatic carbocycles. The van der Waals surface area contributed by atoms with Crippen LogP contribution in [0.1, 0.15) is 39.0 Å². The van der Waals surface area contributed by atoms with Crippen molar-refractivity contribution >= 4 is 5.97 Å². The predicted molar refractivity (Wildman–Crippen MR) is 59.8 cm³/mol. The van der Waals surface area contributed by atoms with Gasteiger partial charge >= 0.3 is 5.97 Å². The van der Waals surface area contributed by atoms with Crippen LogP contribution in [0.25, 0.3) is 0 Å². The Hall–Kier alpha value is -0.870. The first kappa shape index (κ1) is 13.2. The Bertz CT molecular complexity index is 249. The van der Waals surface area contributed by atoms with Crippen LogP contribution in [0.3, 0.4) is 0 Å². The molecular formula is C12H20O4. The molecule has 0 bridgehead atoms. The van der Waals surface area contributed by atoms with Gasteiger partial charge in [-0.2, -0.15) is 0 Å². The van der Waals surface area contributed by atoms with E-state index in [0.717, 1.165) is 25.7 Å². The first-order valence-electron chi connectivity index (χ1n) is 5.84. The summed E-state index contributed by atoms with van der Waals surface area (Å²) in [5, 5.41) is 19.0. The zero-order valence-corrected chi connectivity index (χ0v) is 9.63. The third-order valence-corrected chi connectivity index (χ3v) is 2.75. The summed E-state index contributed by atoms with van der Waals surface area (Å²) < 4.78 is 5.09. The van der Waals surface area contributed by atoms with Gasteiger partial charge in [0.05, 0.1) is 18.3 Å². The van der Waals surface area contributed by atoms with Crippen molar-refractivity contribution in [3.8, 4) is 0 Å². The number of carbonyl (C=O) groups is 1. The maximum Gasteiger partial charge on any atom is 0.330 e. The summed E-state index contributed by atoms with van der Waals surface area (Å²) in [6, 6.07) is 0. The van der Waals surface area contributed by atoms with Crippen molar-refractivity contribution in [3.05, 3.63) is 12.2 Å². The lowest BCUT2D eigenvalue weighted by atomic mass is 10.0. The lowest BCUT2D eigenvalue weighted by Crippen LogP contribution is -2.24. The van der Waals surface area contributed by atoms with Crippen LogP contribution in [0.15, 0.2) is 12.2 Å². The first-order chi connectivity index (χ1) is 7.59. The number of aliphatic hydroxyl groups excluding tert-OH is 2. The normalized spacial score (nSPS) is 33.7. The molecule has 0 fully saturated rings. The smallest absolute Gasteiger partial charge is 0.330 e. The van der Waals surface area contributed by atoms with Gasteiger partial charge in [0.15, 0.2) is 0 Å². The van der Waals surface area contributed by atoms with Crippen LogP contribution in [0.5, 0.6) is 0 Å². The number of carbonyl (C=O) groups excluding carboxylic acids is 1. The molecule has 0 spiro atoms. The highest BCUT2D eigenvalue weighted by Crippen LogP contribution is 2.13. The van der Waals surface area contributed by atoms with Crippen molar-refractivity contribution in [1.82, 2.24) is 0 Å². The van der Waals surface area contributed by atoms with E-state index in [0.29, 0.717) is 6.42 Å². The number of aliphatic hydroxyl groups is 2. The molecule has 0 unspecified atom stereocenters. The fourth-order valence-electron chi connectivity index (χ4n) is 1.73. The number of cyclic esters (lactones) is 1. The molecule has 1 rings (SSSR count). The summed E-state index contributed by atoms with van der Waals surface area (Å²) in [5.74, 6) is -0.459. The average Bonchev–Trinajstić information content (AvgIpc) is 2.23. The Morgan fingerprint density at radius 1 is 1.25 bits per heavy atom. The first-order valence-corrected chi connectivity index (χ1v) is 5.84. The van der Waals surface area contributed by atoms with E-state index in [1.807, 2.05) is 6.92 Å². The van der Waals surface area contributed by atoms with E-state index in [4.69, 9.17) is 4.74 Å². The second kappa shape index (κ2) is 6.66.